The van der Waals surface area contributed by atoms with Crippen molar-refractivity contribution < 1.29 is 9.53 Å². The number of benzene rings is 1. The minimum atomic E-state index is -0.355. The molecule has 1 aromatic heterocycles. The summed E-state index contributed by atoms with van der Waals surface area (Å²) >= 11 is 0. The summed E-state index contributed by atoms with van der Waals surface area (Å²) < 4.78 is 5.31. The molecule has 1 atom stereocenters. The van der Waals surface area contributed by atoms with Crippen molar-refractivity contribution in [3.8, 4) is 0 Å². The Hall–Kier alpha value is -1.56. The van der Waals surface area contributed by atoms with Crippen molar-refractivity contribution in [2.24, 2.45) is 0 Å². The number of nitrogens with one attached hydrogen (secondary N) is 2. The fraction of sp³-hybridized carbons (Fsp3) is 0.333. The summed E-state index contributed by atoms with van der Waals surface area (Å²) in [5, 5.41) is 2.97. The minimum Gasteiger partial charge on any atom is -0.464 e. The number of likely N-dealkylation sites (N-methyl/N-ethyl adjacent to an activating group) is 1. The van der Waals surface area contributed by atoms with E-state index in [0.717, 1.165) is 17.7 Å². The standard InChI is InChI=1S/C15H19N3O2.2ClH/c1-16-14(9-13-10-17-11-18-13)15(19)20-8-7-12-5-3-2-4-6-12;;/h2-6,10-11,14,16H,7-9H2,1H3,(H,17,18);2*1H/t14-;;/m0../s1. The predicted molar refractivity (Wildman–Crippen MR) is 90.7 cm³/mol. The zero-order valence-electron chi connectivity index (χ0n) is 12.3. The minimum absolute atomic E-state index is 0. The highest BCUT2D eigenvalue weighted by Crippen LogP contribution is 2.03. The molecule has 7 heteroatoms. The van der Waals surface area contributed by atoms with Crippen LogP contribution in [-0.2, 0) is 22.4 Å². The first-order valence-corrected chi connectivity index (χ1v) is 6.64. The van der Waals surface area contributed by atoms with Gasteiger partial charge in [0.1, 0.15) is 6.04 Å². The Bertz CT molecular complexity index is 521. The number of rotatable bonds is 7. The molecular formula is C15H21Cl2N3O2. The van der Waals surface area contributed by atoms with Crippen LogP contribution in [0.3, 0.4) is 0 Å². The Kier molecular flexibility index (Phi) is 10.3. The van der Waals surface area contributed by atoms with Crippen molar-refractivity contribution in [3.05, 3.63) is 54.1 Å². The van der Waals surface area contributed by atoms with Crippen molar-refractivity contribution in [2.45, 2.75) is 18.9 Å². The second-order valence-electron chi connectivity index (χ2n) is 4.53. The molecule has 22 heavy (non-hydrogen) atoms. The Morgan fingerprint density at radius 3 is 2.64 bits per heavy atom. The molecular weight excluding hydrogens is 325 g/mol. The van der Waals surface area contributed by atoms with Crippen LogP contribution >= 0.6 is 24.8 Å². The zero-order chi connectivity index (χ0) is 14.2. The van der Waals surface area contributed by atoms with E-state index in [9.17, 15) is 4.79 Å². The van der Waals surface area contributed by atoms with E-state index in [1.807, 2.05) is 30.3 Å². The normalized spacial score (nSPS) is 11.0. The Balaban J connectivity index is 0.00000220. The van der Waals surface area contributed by atoms with E-state index in [0.29, 0.717) is 13.0 Å². The number of carbonyl (C=O) groups is 1. The summed E-state index contributed by atoms with van der Waals surface area (Å²) in [5.41, 5.74) is 2.07. The highest BCUT2D eigenvalue weighted by Gasteiger charge is 2.18. The monoisotopic (exact) mass is 345 g/mol. The maximum Gasteiger partial charge on any atom is 0.323 e. The van der Waals surface area contributed by atoms with E-state index < -0.39 is 0 Å². The van der Waals surface area contributed by atoms with E-state index in [2.05, 4.69) is 15.3 Å². The van der Waals surface area contributed by atoms with Gasteiger partial charge in [-0.05, 0) is 12.6 Å². The van der Waals surface area contributed by atoms with Crippen molar-refractivity contribution >= 4 is 30.8 Å². The summed E-state index contributed by atoms with van der Waals surface area (Å²) in [6.07, 6.45) is 4.58. The lowest BCUT2D eigenvalue weighted by Gasteiger charge is -2.14. The van der Waals surface area contributed by atoms with Gasteiger partial charge in [-0.2, -0.15) is 0 Å². The molecule has 0 aliphatic heterocycles. The lowest BCUT2D eigenvalue weighted by molar-refractivity contribution is -0.145. The van der Waals surface area contributed by atoms with Crippen LogP contribution in [0, 0.1) is 0 Å². The average Bonchev–Trinajstić information content (AvgIpc) is 2.98. The molecule has 2 rings (SSSR count). The first kappa shape index (κ1) is 20.4. The van der Waals surface area contributed by atoms with Gasteiger partial charge in [0.15, 0.2) is 0 Å². The van der Waals surface area contributed by atoms with Crippen LogP contribution in [0.4, 0.5) is 0 Å². The van der Waals surface area contributed by atoms with Gasteiger partial charge < -0.3 is 15.0 Å². The quantitative estimate of drug-likeness (QED) is 0.754. The molecule has 122 valence electrons. The van der Waals surface area contributed by atoms with E-state index in [4.69, 9.17) is 4.74 Å². The number of nitrogens with zero attached hydrogens (tertiary/aromatic N) is 1. The maximum absolute atomic E-state index is 12.0. The van der Waals surface area contributed by atoms with Crippen molar-refractivity contribution in [2.75, 3.05) is 13.7 Å². The number of carbonyl (C=O) groups excluding carboxylic acids is 1. The fourth-order valence-electron chi connectivity index (χ4n) is 1.93. The lowest BCUT2D eigenvalue weighted by atomic mass is 10.1. The second kappa shape index (κ2) is 11.1. The molecule has 2 N–H and O–H groups in total. The van der Waals surface area contributed by atoms with Gasteiger partial charge in [-0.1, -0.05) is 30.3 Å². The highest BCUT2D eigenvalue weighted by atomic mass is 35.5. The van der Waals surface area contributed by atoms with Gasteiger partial charge in [-0.15, -0.1) is 24.8 Å². The first-order valence-electron chi connectivity index (χ1n) is 6.64. The Labute approximate surface area is 142 Å². The molecule has 0 saturated heterocycles. The van der Waals surface area contributed by atoms with Gasteiger partial charge in [-0.25, -0.2) is 4.98 Å². The SMILES string of the molecule is CN[C@@H](Cc1cnc[nH]1)C(=O)OCCc1ccccc1.Cl.Cl. The molecule has 0 aliphatic carbocycles. The fourth-order valence-corrected chi connectivity index (χ4v) is 1.93. The molecule has 0 saturated carbocycles. The molecule has 1 heterocycles. The molecule has 5 nitrogen and oxygen atoms in total. The Morgan fingerprint density at radius 1 is 1.32 bits per heavy atom. The van der Waals surface area contributed by atoms with E-state index in [1.54, 1.807) is 19.6 Å². The third-order valence-corrected chi connectivity index (χ3v) is 3.09. The van der Waals surface area contributed by atoms with Gasteiger partial charge in [0.25, 0.3) is 0 Å². The number of imidazole rings is 1. The number of ether oxygens (including phenoxy) is 1. The van der Waals surface area contributed by atoms with Crippen LogP contribution < -0.4 is 5.32 Å². The molecule has 0 unspecified atom stereocenters. The molecule has 1 aromatic carbocycles. The predicted octanol–water partition coefficient (Wildman–Crippen LogP) is 2.17. The number of hydrogen-bond acceptors (Lipinski definition) is 4. The largest absolute Gasteiger partial charge is 0.464 e. The van der Waals surface area contributed by atoms with Crippen LogP contribution in [0.1, 0.15) is 11.3 Å². The maximum atomic E-state index is 12.0. The summed E-state index contributed by atoms with van der Waals surface area (Å²) in [4.78, 5) is 18.9. The van der Waals surface area contributed by atoms with Crippen LogP contribution in [-0.4, -0.2) is 35.6 Å². The van der Waals surface area contributed by atoms with Crippen LogP contribution in [0.2, 0.25) is 0 Å². The van der Waals surface area contributed by atoms with Gasteiger partial charge in [0.05, 0.1) is 12.9 Å². The van der Waals surface area contributed by atoms with Crippen LogP contribution in [0.15, 0.2) is 42.9 Å². The number of hydrogen-bond donors (Lipinski definition) is 2. The van der Waals surface area contributed by atoms with Gasteiger partial charge >= 0.3 is 5.97 Å². The number of aromatic amines is 1. The van der Waals surface area contributed by atoms with E-state index >= 15 is 0 Å². The lowest BCUT2D eigenvalue weighted by Crippen LogP contribution is -2.37. The van der Waals surface area contributed by atoms with E-state index in [1.165, 1.54) is 0 Å². The summed E-state index contributed by atoms with van der Waals surface area (Å²) in [7, 11) is 1.75. The highest BCUT2D eigenvalue weighted by molar-refractivity contribution is 5.85. The number of halogens is 2. The van der Waals surface area contributed by atoms with Gasteiger partial charge in [-0.3, -0.25) is 4.79 Å². The number of esters is 1. The number of H-pyrrole nitrogens is 1. The third-order valence-electron chi connectivity index (χ3n) is 3.09. The zero-order valence-corrected chi connectivity index (χ0v) is 14.0. The molecule has 0 spiro atoms. The van der Waals surface area contributed by atoms with Crippen molar-refractivity contribution in [1.29, 1.82) is 0 Å². The Morgan fingerprint density at radius 2 is 2.05 bits per heavy atom. The second-order valence-corrected chi connectivity index (χ2v) is 4.53. The van der Waals surface area contributed by atoms with Gasteiger partial charge in [0.2, 0.25) is 0 Å². The molecule has 0 radical (unpaired) electrons. The molecule has 0 bridgehead atoms. The summed E-state index contributed by atoms with van der Waals surface area (Å²) in [6.45, 7) is 0.393. The molecule has 0 aliphatic rings. The third kappa shape index (κ3) is 6.47. The summed E-state index contributed by atoms with van der Waals surface area (Å²) in [5.74, 6) is -0.238. The molecule has 2 aromatic rings. The van der Waals surface area contributed by atoms with Gasteiger partial charge in [0, 0.05) is 24.7 Å². The smallest absolute Gasteiger partial charge is 0.323 e. The summed E-state index contributed by atoms with van der Waals surface area (Å²) in [6, 6.07) is 9.61. The van der Waals surface area contributed by atoms with E-state index in [-0.39, 0.29) is 36.8 Å². The van der Waals surface area contributed by atoms with Crippen molar-refractivity contribution in [3.63, 3.8) is 0 Å². The first-order chi connectivity index (χ1) is 9.79. The molecule has 0 fully saturated rings. The van der Waals surface area contributed by atoms with Crippen molar-refractivity contribution in [1.82, 2.24) is 15.3 Å². The van der Waals surface area contributed by atoms with Crippen LogP contribution in [0.25, 0.3) is 0 Å². The average molecular weight is 346 g/mol. The van der Waals surface area contributed by atoms with Crippen LogP contribution in [0.5, 0.6) is 0 Å². The topological polar surface area (TPSA) is 67.0 Å². The number of aromatic nitrogens is 2. The molecule has 0 amide bonds.